The number of aliphatic hydroxyl groups is 2. The Labute approximate surface area is 272 Å². The van der Waals surface area contributed by atoms with Gasteiger partial charge < -0.3 is 29.2 Å². The fourth-order valence-corrected chi connectivity index (χ4v) is 8.70. The van der Waals surface area contributed by atoms with Crippen molar-refractivity contribution in [3.05, 3.63) is 51.5 Å². The second-order valence-electron chi connectivity index (χ2n) is 10.2. The summed E-state index contributed by atoms with van der Waals surface area (Å²) >= 11 is 20.4. The number of H-pyrrole nitrogens is 1. The van der Waals surface area contributed by atoms with Gasteiger partial charge in [-0.1, -0.05) is 47.7 Å². The standard InChI is InChI=1S/C22H22Cl2N6O11P2S2/c23-8-1-10-11(2-9(8)24)29(6-27-10)21-15(31)17-12(38-21)3-36-43(35,45)41-18-13(4-37-42(34,44)40-17)39-22(16(18)32)30-7-28-14-19(30)25-5-26-20(14)33/h1-2,5-7,12-13,15-18,21-22,31-32H,3-4H2,(H,34,44)(H,35,45)(H,25,26,33). The number of halogens is 2. The van der Waals surface area contributed by atoms with Gasteiger partial charge in [0.1, 0.15) is 36.6 Å². The number of nitrogens with zero attached hydrogens (tertiary/aromatic N) is 5. The number of aliphatic hydroxyl groups excluding tert-OH is 2. The Morgan fingerprint density at radius 1 is 0.867 bits per heavy atom. The van der Waals surface area contributed by atoms with Gasteiger partial charge in [-0.15, -0.1) is 0 Å². The molecule has 17 nitrogen and oxygen atoms in total. The van der Waals surface area contributed by atoms with Gasteiger partial charge in [0.05, 0.1) is 53.3 Å². The zero-order valence-corrected chi connectivity index (χ0v) is 27.4. The average Bonchev–Trinajstić information content (AvgIpc) is 3.73. The first-order valence-electron chi connectivity index (χ1n) is 13.0. The first-order chi connectivity index (χ1) is 21.3. The Bertz CT molecular complexity index is 1950. The highest BCUT2D eigenvalue weighted by molar-refractivity contribution is 8.44. The summed E-state index contributed by atoms with van der Waals surface area (Å²) in [5.74, 6) is 0. The number of hydrogen-bond donors (Lipinski definition) is 5. The van der Waals surface area contributed by atoms with Crippen molar-refractivity contribution in [2.24, 2.45) is 0 Å². The van der Waals surface area contributed by atoms with Crippen LogP contribution < -0.4 is 5.56 Å². The van der Waals surface area contributed by atoms with Crippen molar-refractivity contribution in [3.8, 4) is 0 Å². The molecule has 3 aromatic heterocycles. The van der Waals surface area contributed by atoms with Crippen LogP contribution in [0.2, 0.25) is 10.0 Å². The molecular formula is C22H22Cl2N6O11P2S2. The molecule has 0 spiro atoms. The molecule has 7 rings (SSSR count). The molecule has 3 N–H and O–H groups in total. The average molecular weight is 743 g/mol. The van der Waals surface area contributed by atoms with Crippen molar-refractivity contribution >= 4 is 83.5 Å². The van der Waals surface area contributed by atoms with Gasteiger partial charge in [-0.2, -0.15) is 0 Å². The van der Waals surface area contributed by atoms with Crippen LogP contribution in [-0.4, -0.2) is 89.1 Å². The van der Waals surface area contributed by atoms with E-state index in [1.165, 1.54) is 33.9 Å². The summed E-state index contributed by atoms with van der Waals surface area (Å²) in [6.07, 6.45) is -6.96. The fraction of sp³-hybridized carbons (Fsp3) is 0.455. The molecule has 0 aliphatic carbocycles. The van der Waals surface area contributed by atoms with Crippen LogP contribution in [0.15, 0.2) is 35.9 Å². The number of benzene rings is 1. The third kappa shape index (κ3) is 5.91. The SMILES string of the molecule is O=c1[nH]cnc2c1ncn2C1OC2COP(=O)(S)OC3C(COP(=O)(S)OC2C1O)OC(n1cnc2cc(Cl)c(Cl)cc21)C3O. The molecule has 45 heavy (non-hydrogen) atoms. The van der Waals surface area contributed by atoms with Crippen LogP contribution in [0.1, 0.15) is 12.5 Å². The van der Waals surface area contributed by atoms with E-state index in [1.807, 2.05) is 0 Å². The highest BCUT2D eigenvalue weighted by atomic mass is 35.5. The van der Waals surface area contributed by atoms with Crippen molar-refractivity contribution in [2.75, 3.05) is 13.2 Å². The number of rotatable bonds is 2. The summed E-state index contributed by atoms with van der Waals surface area (Å²) in [6, 6.07) is 3.07. The Hall–Kier alpha value is -1.54. The summed E-state index contributed by atoms with van der Waals surface area (Å²) in [6.45, 7) is -9.67. The van der Waals surface area contributed by atoms with Gasteiger partial charge in [0.15, 0.2) is 23.6 Å². The molecular weight excluding hydrogens is 721 g/mol. The number of fused-ring (bicyclic) bond motifs is 4. The van der Waals surface area contributed by atoms with E-state index in [0.29, 0.717) is 11.0 Å². The molecule has 6 heterocycles. The van der Waals surface area contributed by atoms with Gasteiger partial charge >= 0.3 is 13.6 Å². The summed E-state index contributed by atoms with van der Waals surface area (Å²) in [7, 11) is 0. The molecule has 3 aliphatic rings. The highest BCUT2D eigenvalue weighted by Gasteiger charge is 2.53. The predicted molar refractivity (Wildman–Crippen MR) is 163 cm³/mol. The van der Waals surface area contributed by atoms with Crippen molar-refractivity contribution in [3.63, 3.8) is 0 Å². The van der Waals surface area contributed by atoms with E-state index < -0.39 is 81.4 Å². The first kappa shape index (κ1) is 32.0. The van der Waals surface area contributed by atoms with E-state index in [1.54, 1.807) is 0 Å². The lowest BCUT2D eigenvalue weighted by molar-refractivity contribution is -0.0560. The van der Waals surface area contributed by atoms with E-state index >= 15 is 0 Å². The summed E-state index contributed by atoms with van der Waals surface area (Å²) in [5.41, 5.74) is 0.449. The zero-order chi connectivity index (χ0) is 31.8. The van der Waals surface area contributed by atoms with E-state index in [0.717, 1.165) is 6.33 Å². The van der Waals surface area contributed by atoms with Crippen LogP contribution in [0.3, 0.4) is 0 Å². The van der Waals surface area contributed by atoms with E-state index in [-0.39, 0.29) is 21.2 Å². The lowest BCUT2D eigenvalue weighted by atomic mass is 10.1. The molecule has 10 unspecified atom stereocenters. The summed E-state index contributed by atoms with van der Waals surface area (Å²) in [5, 5.41) is 23.0. The number of aromatic amines is 1. The molecule has 10 atom stereocenters. The van der Waals surface area contributed by atoms with Crippen LogP contribution >= 0.6 is 61.3 Å². The van der Waals surface area contributed by atoms with Crippen LogP contribution in [0.4, 0.5) is 0 Å². The molecule has 0 radical (unpaired) electrons. The van der Waals surface area contributed by atoms with Crippen LogP contribution in [0.25, 0.3) is 22.2 Å². The summed E-state index contributed by atoms with van der Waals surface area (Å²) in [4.78, 5) is 26.9. The molecule has 4 aromatic rings. The largest absolute Gasteiger partial charge is 0.386 e. The third-order valence-electron chi connectivity index (χ3n) is 7.46. The van der Waals surface area contributed by atoms with Crippen molar-refractivity contribution < 1.29 is 46.9 Å². The van der Waals surface area contributed by atoms with Crippen LogP contribution in [0.5, 0.6) is 0 Å². The molecule has 3 saturated heterocycles. The maximum absolute atomic E-state index is 13.4. The Morgan fingerprint density at radius 3 is 2.04 bits per heavy atom. The lowest BCUT2D eigenvalue weighted by Crippen LogP contribution is -2.38. The molecule has 3 fully saturated rings. The zero-order valence-electron chi connectivity index (χ0n) is 22.3. The van der Waals surface area contributed by atoms with Crippen molar-refractivity contribution in [1.29, 1.82) is 0 Å². The van der Waals surface area contributed by atoms with Gasteiger partial charge in [0.25, 0.3) is 5.56 Å². The van der Waals surface area contributed by atoms with Crippen molar-refractivity contribution in [1.82, 2.24) is 29.1 Å². The van der Waals surface area contributed by atoms with Gasteiger partial charge in [0, 0.05) is 0 Å². The Kier molecular flexibility index (Phi) is 8.44. The van der Waals surface area contributed by atoms with Gasteiger partial charge in [-0.3, -0.25) is 27.5 Å². The lowest BCUT2D eigenvalue weighted by Gasteiger charge is -2.28. The second kappa shape index (κ2) is 11.9. The van der Waals surface area contributed by atoms with Crippen LogP contribution in [-0.2, 0) is 36.7 Å². The molecule has 1 aromatic carbocycles. The minimum Gasteiger partial charge on any atom is -0.386 e. The molecule has 0 bridgehead atoms. The quantitative estimate of drug-likeness (QED) is 0.148. The number of thiol groups is 2. The maximum atomic E-state index is 13.4. The predicted octanol–water partition coefficient (Wildman–Crippen LogP) is 2.89. The number of ether oxygens (including phenoxy) is 2. The monoisotopic (exact) mass is 742 g/mol. The third-order valence-corrected chi connectivity index (χ3v) is 11.4. The smallest absolute Gasteiger partial charge is 0.386 e. The topological polar surface area (TPSA) is 211 Å². The first-order valence-corrected chi connectivity index (χ1v) is 19.2. The Morgan fingerprint density at radius 2 is 1.42 bits per heavy atom. The molecule has 3 aliphatic heterocycles. The maximum Gasteiger partial charge on any atom is 0.386 e. The molecule has 23 heteroatoms. The van der Waals surface area contributed by atoms with E-state index in [4.69, 9.17) is 50.8 Å². The van der Waals surface area contributed by atoms with Gasteiger partial charge in [0.2, 0.25) is 0 Å². The molecule has 0 saturated carbocycles. The van der Waals surface area contributed by atoms with E-state index in [9.17, 15) is 24.1 Å². The highest BCUT2D eigenvalue weighted by Crippen LogP contribution is 2.60. The number of aromatic nitrogens is 6. The van der Waals surface area contributed by atoms with Gasteiger partial charge in [-0.25, -0.2) is 24.1 Å². The van der Waals surface area contributed by atoms with Crippen molar-refractivity contribution in [2.45, 2.75) is 49.1 Å². The second-order valence-corrected chi connectivity index (χ2v) is 16.8. The normalized spacial score (nSPS) is 37.7. The molecule has 242 valence electrons. The number of hydrogen-bond acceptors (Lipinski definition) is 14. The van der Waals surface area contributed by atoms with Gasteiger partial charge in [-0.05, 0) is 12.1 Å². The Balaban J connectivity index is 1.17. The minimum absolute atomic E-state index is 0.0215. The number of imidazole rings is 2. The van der Waals surface area contributed by atoms with E-state index in [2.05, 4.69) is 44.4 Å². The number of nitrogens with one attached hydrogen (secondary N) is 1. The fourth-order valence-electron chi connectivity index (χ4n) is 5.41. The minimum atomic E-state index is -4.29. The van der Waals surface area contributed by atoms with Crippen LogP contribution in [0, 0.1) is 0 Å². The molecule has 0 amide bonds. The summed E-state index contributed by atoms with van der Waals surface area (Å²) < 4.78 is 63.9.